The summed E-state index contributed by atoms with van der Waals surface area (Å²) in [7, 11) is 3.43. The average molecular weight is 415 g/mol. The second-order valence-corrected chi connectivity index (χ2v) is 7.29. The smallest absolute Gasteiger partial charge is 0.253 e. The molecule has 0 fully saturated rings. The van der Waals surface area contributed by atoms with Gasteiger partial charge in [-0.1, -0.05) is 54.6 Å². The van der Waals surface area contributed by atoms with Gasteiger partial charge in [-0.25, -0.2) is 0 Å². The van der Waals surface area contributed by atoms with Gasteiger partial charge in [0.25, 0.3) is 5.91 Å². The predicted octanol–water partition coefficient (Wildman–Crippen LogP) is 4.30. The molecule has 0 heterocycles. The first-order valence-corrected chi connectivity index (χ1v) is 10.0. The first kappa shape index (κ1) is 21.8. The molecule has 158 valence electrons. The van der Waals surface area contributed by atoms with Crippen molar-refractivity contribution in [3.05, 3.63) is 107 Å². The number of nitrogens with zero attached hydrogens (tertiary/aromatic N) is 1. The van der Waals surface area contributed by atoms with Gasteiger partial charge in [-0.3, -0.25) is 9.59 Å². The van der Waals surface area contributed by atoms with E-state index in [4.69, 9.17) is 4.74 Å². The summed E-state index contributed by atoms with van der Waals surface area (Å²) in [5.41, 5.74) is 3.57. The van der Waals surface area contributed by atoms with E-state index in [2.05, 4.69) is 5.32 Å². The van der Waals surface area contributed by atoms with E-state index in [0.717, 1.165) is 22.4 Å². The molecule has 0 atom stereocenters. The molecule has 0 aromatic heterocycles. The molecule has 0 aliphatic carbocycles. The van der Waals surface area contributed by atoms with Gasteiger partial charge in [-0.05, 0) is 47.0 Å². The summed E-state index contributed by atoms with van der Waals surface area (Å²) in [6.45, 7) is 0.911. The molecular weight excluding hydrogens is 388 g/mol. The molecule has 0 bridgehead atoms. The fraction of sp³-hybridized carbons (Fsp3) is 0.154. The zero-order chi connectivity index (χ0) is 22.1. The summed E-state index contributed by atoms with van der Waals surface area (Å²) < 4.78 is 5.77. The van der Waals surface area contributed by atoms with Crippen LogP contribution in [0.2, 0.25) is 0 Å². The van der Waals surface area contributed by atoms with Crippen LogP contribution in [0.25, 0.3) is 6.08 Å². The third-order valence-electron chi connectivity index (χ3n) is 4.63. The molecule has 5 nitrogen and oxygen atoms in total. The lowest BCUT2D eigenvalue weighted by Gasteiger charge is -2.10. The lowest BCUT2D eigenvalue weighted by Crippen LogP contribution is -2.22. The molecule has 1 N–H and O–H groups in total. The predicted molar refractivity (Wildman–Crippen MR) is 123 cm³/mol. The summed E-state index contributed by atoms with van der Waals surface area (Å²) in [5, 5.41) is 2.84. The third-order valence-corrected chi connectivity index (χ3v) is 4.63. The van der Waals surface area contributed by atoms with Crippen LogP contribution in [0.4, 0.5) is 0 Å². The van der Waals surface area contributed by atoms with Crippen LogP contribution in [0, 0.1) is 0 Å². The number of carbonyl (C=O) groups excluding carboxylic acids is 2. The minimum absolute atomic E-state index is 0.0463. The maximum Gasteiger partial charge on any atom is 0.253 e. The maximum absolute atomic E-state index is 12.1. The van der Waals surface area contributed by atoms with Crippen molar-refractivity contribution in [2.45, 2.75) is 13.2 Å². The Morgan fingerprint density at radius 2 is 1.55 bits per heavy atom. The molecule has 3 aromatic carbocycles. The third kappa shape index (κ3) is 6.85. The van der Waals surface area contributed by atoms with E-state index in [1.165, 1.54) is 11.0 Å². The Kier molecular flexibility index (Phi) is 7.60. The van der Waals surface area contributed by atoms with E-state index in [-0.39, 0.29) is 11.8 Å². The van der Waals surface area contributed by atoms with Crippen LogP contribution in [0.5, 0.6) is 5.75 Å². The van der Waals surface area contributed by atoms with Crippen LogP contribution in [0.15, 0.2) is 84.9 Å². The summed E-state index contributed by atoms with van der Waals surface area (Å²) >= 11 is 0. The largest absolute Gasteiger partial charge is 0.489 e. The van der Waals surface area contributed by atoms with Gasteiger partial charge < -0.3 is 15.0 Å². The number of amides is 2. The number of rotatable bonds is 8. The molecule has 3 rings (SSSR count). The zero-order valence-electron chi connectivity index (χ0n) is 17.7. The van der Waals surface area contributed by atoms with E-state index < -0.39 is 0 Å². The van der Waals surface area contributed by atoms with Crippen molar-refractivity contribution < 1.29 is 14.3 Å². The quantitative estimate of drug-likeness (QED) is 0.559. The molecule has 0 saturated heterocycles. The fourth-order valence-electron chi connectivity index (χ4n) is 2.86. The Bertz CT molecular complexity index is 1020. The Balaban J connectivity index is 1.45. The second-order valence-electron chi connectivity index (χ2n) is 7.29. The first-order chi connectivity index (χ1) is 15.0. The minimum atomic E-state index is -0.183. The van der Waals surface area contributed by atoms with Crippen molar-refractivity contribution in [3.8, 4) is 5.75 Å². The molecule has 0 radical (unpaired) electrons. The molecule has 0 aliphatic rings. The molecule has 2 amide bonds. The number of carbonyl (C=O) groups is 2. The van der Waals surface area contributed by atoms with Crippen molar-refractivity contribution in [3.63, 3.8) is 0 Å². The Labute approximate surface area is 183 Å². The molecule has 0 saturated carbocycles. The van der Waals surface area contributed by atoms with Gasteiger partial charge in [0.2, 0.25) is 5.91 Å². The summed E-state index contributed by atoms with van der Waals surface area (Å²) in [6.07, 6.45) is 3.26. The van der Waals surface area contributed by atoms with Gasteiger partial charge in [0.1, 0.15) is 12.4 Å². The Hall–Kier alpha value is -3.86. The number of ether oxygens (including phenoxy) is 1. The van der Waals surface area contributed by atoms with Crippen molar-refractivity contribution in [1.82, 2.24) is 10.2 Å². The van der Waals surface area contributed by atoms with Gasteiger partial charge in [-0.15, -0.1) is 0 Å². The summed E-state index contributed by atoms with van der Waals surface area (Å²) in [4.78, 5) is 25.5. The van der Waals surface area contributed by atoms with Crippen LogP contribution in [0.3, 0.4) is 0 Å². The van der Waals surface area contributed by atoms with Crippen molar-refractivity contribution >= 4 is 17.9 Å². The number of nitrogens with one attached hydrogen (secondary N) is 1. The van der Waals surface area contributed by atoms with Gasteiger partial charge in [-0.2, -0.15) is 0 Å². The second kappa shape index (κ2) is 10.8. The molecule has 0 spiro atoms. The fourth-order valence-corrected chi connectivity index (χ4v) is 2.86. The SMILES string of the molecule is CN(C)C(=O)c1ccc(CNC(=O)/C=C/c2ccc(OCc3ccccc3)cc2)cc1. The zero-order valence-corrected chi connectivity index (χ0v) is 17.7. The highest BCUT2D eigenvalue weighted by Crippen LogP contribution is 2.15. The Morgan fingerprint density at radius 3 is 2.19 bits per heavy atom. The molecular formula is C26H26N2O3. The monoisotopic (exact) mass is 414 g/mol. The van der Waals surface area contributed by atoms with Crippen LogP contribution >= 0.6 is 0 Å². The first-order valence-electron chi connectivity index (χ1n) is 10.0. The molecule has 0 unspecified atom stereocenters. The van der Waals surface area contributed by atoms with Crippen molar-refractivity contribution in [2.24, 2.45) is 0 Å². The van der Waals surface area contributed by atoms with E-state index in [9.17, 15) is 9.59 Å². The highest BCUT2D eigenvalue weighted by molar-refractivity contribution is 5.94. The lowest BCUT2D eigenvalue weighted by atomic mass is 10.1. The lowest BCUT2D eigenvalue weighted by molar-refractivity contribution is -0.116. The van der Waals surface area contributed by atoms with Crippen molar-refractivity contribution in [2.75, 3.05) is 14.1 Å². The van der Waals surface area contributed by atoms with E-state index in [0.29, 0.717) is 18.7 Å². The number of hydrogen-bond acceptors (Lipinski definition) is 3. The van der Waals surface area contributed by atoms with E-state index in [1.807, 2.05) is 66.7 Å². The molecule has 3 aromatic rings. The summed E-state index contributed by atoms with van der Waals surface area (Å²) in [6, 6.07) is 24.8. The highest BCUT2D eigenvalue weighted by Gasteiger charge is 2.07. The average Bonchev–Trinajstić information content (AvgIpc) is 2.81. The summed E-state index contributed by atoms with van der Waals surface area (Å²) in [5.74, 6) is 0.550. The highest BCUT2D eigenvalue weighted by atomic mass is 16.5. The molecule has 31 heavy (non-hydrogen) atoms. The van der Waals surface area contributed by atoms with Crippen molar-refractivity contribution in [1.29, 1.82) is 0 Å². The maximum atomic E-state index is 12.1. The van der Waals surface area contributed by atoms with Gasteiger partial charge in [0, 0.05) is 32.3 Å². The van der Waals surface area contributed by atoms with Crippen LogP contribution in [-0.4, -0.2) is 30.8 Å². The van der Waals surface area contributed by atoms with Crippen LogP contribution in [0.1, 0.15) is 27.0 Å². The van der Waals surface area contributed by atoms with Gasteiger partial charge in [0.15, 0.2) is 0 Å². The minimum Gasteiger partial charge on any atom is -0.489 e. The van der Waals surface area contributed by atoms with E-state index in [1.54, 1.807) is 32.3 Å². The Morgan fingerprint density at radius 1 is 0.871 bits per heavy atom. The van der Waals surface area contributed by atoms with Gasteiger partial charge >= 0.3 is 0 Å². The molecule has 0 aliphatic heterocycles. The van der Waals surface area contributed by atoms with E-state index >= 15 is 0 Å². The van der Waals surface area contributed by atoms with Gasteiger partial charge in [0.05, 0.1) is 0 Å². The number of hydrogen-bond donors (Lipinski definition) is 1. The topological polar surface area (TPSA) is 58.6 Å². The number of benzene rings is 3. The van der Waals surface area contributed by atoms with Crippen LogP contribution in [-0.2, 0) is 17.9 Å². The standard InChI is InChI=1S/C26H26N2O3/c1-28(2)26(30)23-13-8-21(9-14-23)18-27-25(29)17-12-20-10-15-24(16-11-20)31-19-22-6-4-3-5-7-22/h3-17H,18-19H2,1-2H3,(H,27,29)/b17-12+. The normalized spacial score (nSPS) is 10.6. The van der Waals surface area contributed by atoms with Crippen LogP contribution < -0.4 is 10.1 Å². The molecule has 5 heteroatoms.